The molecule has 5 nitrogen and oxygen atoms in total. The normalized spacial score (nSPS) is 22.6. The summed E-state index contributed by atoms with van der Waals surface area (Å²) in [6, 6.07) is 8.48. The number of fused-ring (bicyclic) bond motifs is 2. The predicted octanol–water partition coefficient (Wildman–Crippen LogP) is 4.03. The molecule has 2 aliphatic rings. The average molecular weight is 418 g/mol. The molecule has 2 saturated heterocycles. The Morgan fingerprint density at radius 2 is 2.07 bits per heavy atom. The van der Waals surface area contributed by atoms with Crippen LogP contribution < -0.4 is 0 Å². The minimum absolute atomic E-state index is 0.160. The minimum Gasteiger partial charge on any atom is -0.383 e. The van der Waals surface area contributed by atoms with Gasteiger partial charge in [-0.05, 0) is 62.9 Å². The lowest BCUT2D eigenvalue weighted by molar-refractivity contribution is -0.133. The van der Waals surface area contributed by atoms with Crippen molar-refractivity contribution in [2.75, 3.05) is 39.9 Å². The molecule has 2 unspecified atom stereocenters. The fourth-order valence-electron chi connectivity index (χ4n) is 5.16. The lowest BCUT2D eigenvalue weighted by Gasteiger charge is -2.45. The molecule has 2 aromatic rings. The molecule has 4 rings (SSSR count). The predicted molar refractivity (Wildman–Crippen MR) is 117 cm³/mol. The number of carbonyl (C=O) groups excluding carboxylic acids is 1. The topological polar surface area (TPSA) is 37.7 Å². The van der Waals surface area contributed by atoms with Crippen molar-refractivity contribution >= 4 is 28.4 Å². The number of benzene rings is 1. The minimum atomic E-state index is 0.160. The summed E-state index contributed by atoms with van der Waals surface area (Å²) in [5.74, 6) is 0.730. The maximum absolute atomic E-state index is 13.3. The Morgan fingerprint density at radius 1 is 1.21 bits per heavy atom. The molecule has 1 aromatic heterocycles. The SMILES string of the molecule is COCCN(CC1CCCN2CCCCC12)C(=O)Cn1ccc2c(Cl)cccc21. The van der Waals surface area contributed by atoms with E-state index in [1.807, 2.05) is 39.9 Å². The summed E-state index contributed by atoms with van der Waals surface area (Å²) in [7, 11) is 1.70. The largest absolute Gasteiger partial charge is 0.383 e. The fourth-order valence-corrected chi connectivity index (χ4v) is 5.39. The van der Waals surface area contributed by atoms with Gasteiger partial charge in [-0.2, -0.15) is 0 Å². The van der Waals surface area contributed by atoms with E-state index in [0.717, 1.165) is 22.5 Å². The summed E-state index contributed by atoms with van der Waals surface area (Å²) in [5.41, 5.74) is 1.01. The number of carbonyl (C=O) groups is 1. The number of hydrogen-bond acceptors (Lipinski definition) is 3. The van der Waals surface area contributed by atoms with Crippen LogP contribution in [0.15, 0.2) is 30.5 Å². The van der Waals surface area contributed by atoms with Gasteiger partial charge in [0.15, 0.2) is 0 Å². The third kappa shape index (κ3) is 4.62. The first-order valence-electron chi connectivity index (χ1n) is 10.9. The maximum Gasteiger partial charge on any atom is 0.242 e. The Kier molecular flexibility index (Phi) is 6.78. The van der Waals surface area contributed by atoms with E-state index in [-0.39, 0.29) is 5.91 Å². The second-order valence-corrected chi connectivity index (χ2v) is 8.86. The average Bonchev–Trinajstić information content (AvgIpc) is 3.15. The van der Waals surface area contributed by atoms with Crippen LogP contribution >= 0.6 is 11.6 Å². The lowest BCUT2D eigenvalue weighted by Crippen LogP contribution is -2.52. The fraction of sp³-hybridized carbons (Fsp3) is 0.609. The van der Waals surface area contributed by atoms with Gasteiger partial charge in [-0.25, -0.2) is 0 Å². The van der Waals surface area contributed by atoms with Crippen molar-refractivity contribution in [2.45, 2.75) is 44.7 Å². The van der Waals surface area contributed by atoms with Crippen LogP contribution in [0.3, 0.4) is 0 Å². The molecule has 1 amide bonds. The van der Waals surface area contributed by atoms with E-state index >= 15 is 0 Å². The van der Waals surface area contributed by atoms with Gasteiger partial charge >= 0.3 is 0 Å². The van der Waals surface area contributed by atoms with Gasteiger partial charge in [-0.15, -0.1) is 0 Å². The van der Waals surface area contributed by atoms with E-state index in [1.54, 1.807) is 7.11 Å². The first kappa shape index (κ1) is 20.7. The molecule has 29 heavy (non-hydrogen) atoms. The summed E-state index contributed by atoms with van der Waals surface area (Å²) >= 11 is 6.30. The van der Waals surface area contributed by atoms with Crippen LogP contribution in [0.2, 0.25) is 5.02 Å². The van der Waals surface area contributed by atoms with E-state index in [2.05, 4.69) is 4.90 Å². The van der Waals surface area contributed by atoms with Crippen LogP contribution in [0.25, 0.3) is 10.9 Å². The molecule has 1 aromatic carbocycles. The first-order chi connectivity index (χ1) is 14.2. The second kappa shape index (κ2) is 9.50. The number of aromatic nitrogens is 1. The Hall–Kier alpha value is -1.56. The van der Waals surface area contributed by atoms with Crippen LogP contribution in [-0.2, 0) is 16.1 Å². The number of rotatable bonds is 7. The van der Waals surface area contributed by atoms with Crippen molar-refractivity contribution in [1.82, 2.24) is 14.4 Å². The molecule has 2 fully saturated rings. The smallest absolute Gasteiger partial charge is 0.242 e. The van der Waals surface area contributed by atoms with Crippen molar-refractivity contribution in [3.8, 4) is 0 Å². The van der Waals surface area contributed by atoms with E-state index < -0.39 is 0 Å². The summed E-state index contributed by atoms with van der Waals surface area (Å²) in [6.45, 7) is 4.86. The molecule has 0 spiro atoms. The van der Waals surface area contributed by atoms with Gasteiger partial charge in [-0.3, -0.25) is 4.79 Å². The maximum atomic E-state index is 13.3. The van der Waals surface area contributed by atoms with Gasteiger partial charge in [0.25, 0.3) is 0 Å². The first-order valence-corrected chi connectivity index (χ1v) is 11.3. The van der Waals surface area contributed by atoms with Gasteiger partial charge in [-0.1, -0.05) is 24.1 Å². The Morgan fingerprint density at radius 3 is 2.93 bits per heavy atom. The Balaban J connectivity index is 1.48. The van der Waals surface area contributed by atoms with Crippen LogP contribution in [0.1, 0.15) is 32.1 Å². The summed E-state index contributed by atoms with van der Waals surface area (Å²) in [6.07, 6.45) is 8.34. The van der Waals surface area contributed by atoms with Crippen molar-refractivity contribution in [1.29, 1.82) is 0 Å². The van der Waals surface area contributed by atoms with E-state index in [1.165, 1.54) is 45.2 Å². The Bertz CT molecular complexity index is 835. The number of halogens is 1. The third-order valence-corrected chi connectivity index (χ3v) is 7.00. The van der Waals surface area contributed by atoms with Crippen molar-refractivity contribution in [3.63, 3.8) is 0 Å². The van der Waals surface area contributed by atoms with E-state index in [0.29, 0.717) is 31.7 Å². The number of piperidine rings is 2. The molecule has 0 radical (unpaired) electrons. The van der Waals surface area contributed by atoms with E-state index in [9.17, 15) is 4.79 Å². The molecule has 2 atom stereocenters. The Labute approximate surface area is 178 Å². The number of amides is 1. The van der Waals surface area contributed by atoms with Crippen LogP contribution in [-0.4, -0.2) is 66.2 Å². The van der Waals surface area contributed by atoms with Crippen molar-refractivity contribution < 1.29 is 9.53 Å². The van der Waals surface area contributed by atoms with Crippen LogP contribution in [0.5, 0.6) is 0 Å². The molecule has 0 saturated carbocycles. The molecule has 3 heterocycles. The highest BCUT2D eigenvalue weighted by molar-refractivity contribution is 6.35. The number of ether oxygens (including phenoxy) is 1. The zero-order chi connectivity index (χ0) is 20.2. The second-order valence-electron chi connectivity index (χ2n) is 8.45. The highest BCUT2D eigenvalue weighted by Gasteiger charge is 2.34. The summed E-state index contributed by atoms with van der Waals surface area (Å²) in [4.78, 5) is 18.0. The number of nitrogens with zero attached hydrogens (tertiary/aromatic N) is 3. The highest BCUT2D eigenvalue weighted by atomic mass is 35.5. The number of methoxy groups -OCH3 is 1. The molecule has 0 aliphatic carbocycles. The molecule has 2 aliphatic heterocycles. The van der Waals surface area contributed by atoms with Gasteiger partial charge in [0.05, 0.1) is 6.61 Å². The van der Waals surface area contributed by atoms with Crippen LogP contribution in [0.4, 0.5) is 0 Å². The summed E-state index contributed by atoms with van der Waals surface area (Å²) in [5, 5.41) is 1.72. The lowest BCUT2D eigenvalue weighted by atomic mass is 9.83. The quantitative estimate of drug-likeness (QED) is 0.682. The molecular weight excluding hydrogens is 386 g/mol. The highest BCUT2D eigenvalue weighted by Crippen LogP contribution is 2.31. The standard InChI is InChI=1S/C23H32ClN3O2/c1-29-15-14-27(16-18-6-5-12-25-11-3-2-8-21(18)25)23(28)17-26-13-10-19-20(24)7-4-9-22(19)26/h4,7,9-10,13,18,21H,2-3,5-6,8,11-12,14-17H2,1H3. The molecule has 158 valence electrons. The molecule has 0 N–H and O–H groups in total. The van der Waals surface area contributed by atoms with Gasteiger partial charge in [0.2, 0.25) is 5.91 Å². The number of hydrogen-bond donors (Lipinski definition) is 0. The zero-order valence-electron chi connectivity index (χ0n) is 17.4. The van der Waals surface area contributed by atoms with Gasteiger partial charge in [0, 0.05) is 48.4 Å². The van der Waals surface area contributed by atoms with Crippen molar-refractivity contribution in [2.24, 2.45) is 5.92 Å². The zero-order valence-corrected chi connectivity index (χ0v) is 18.1. The van der Waals surface area contributed by atoms with Gasteiger partial charge in [0.1, 0.15) is 6.54 Å². The summed E-state index contributed by atoms with van der Waals surface area (Å²) < 4.78 is 7.32. The van der Waals surface area contributed by atoms with Crippen molar-refractivity contribution in [3.05, 3.63) is 35.5 Å². The van der Waals surface area contributed by atoms with Crippen LogP contribution in [0, 0.1) is 5.92 Å². The molecular formula is C23H32ClN3O2. The van der Waals surface area contributed by atoms with E-state index in [4.69, 9.17) is 16.3 Å². The molecule has 0 bridgehead atoms. The monoisotopic (exact) mass is 417 g/mol. The van der Waals surface area contributed by atoms with Gasteiger partial charge < -0.3 is 19.1 Å². The third-order valence-electron chi connectivity index (χ3n) is 6.67. The molecule has 6 heteroatoms.